The number of benzene rings is 1. The molecule has 27 heavy (non-hydrogen) atoms. The number of anilines is 1. The fraction of sp³-hybridized carbons (Fsp3) is 0.455. The first-order valence-corrected chi connectivity index (χ1v) is 9.98. The normalized spacial score (nSPS) is 18.8. The summed E-state index contributed by atoms with van der Waals surface area (Å²) in [7, 11) is 1.00. The number of rotatable bonds is 4. The Bertz CT molecular complexity index is 819. The Balaban J connectivity index is 0.00000102. The molecule has 3 aliphatic heterocycles. The van der Waals surface area contributed by atoms with Crippen molar-refractivity contribution in [2.24, 2.45) is 0 Å². The SMILES string of the molecule is CCC1=CC(c2cc(NC3CCNCC3)c3c(c2)=CCNC=3)=CCN1.CO. The molecule has 0 radical (unpaired) electrons. The third-order valence-corrected chi connectivity index (χ3v) is 5.29. The Kier molecular flexibility index (Phi) is 6.96. The molecule has 5 nitrogen and oxygen atoms in total. The van der Waals surface area contributed by atoms with E-state index in [1.165, 1.54) is 45.8 Å². The highest BCUT2D eigenvalue weighted by Crippen LogP contribution is 2.21. The van der Waals surface area contributed by atoms with Crippen molar-refractivity contribution in [1.29, 1.82) is 0 Å². The van der Waals surface area contributed by atoms with Crippen LogP contribution in [0.1, 0.15) is 31.7 Å². The van der Waals surface area contributed by atoms with Gasteiger partial charge in [0.15, 0.2) is 0 Å². The molecule has 5 heteroatoms. The Morgan fingerprint density at radius 3 is 2.70 bits per heavy atom. The van der Waals surface area contributed by atoms with Crippen LogP contribution in [0.25, 0.3) is 17.8 Å². The molecule has 1 saturated heterocycles. The molecule has 0 saturated carbocycles. The van der Waals surface area contributed by atoms with Gasteiger partial charge >= 0.3 is 0 Å². The lowest BCUT2D eigenvalue weighted by Gasteiger charge is -2.26. The lowest BCUT2D eigenvalue weighted by atomic mass is 9.97. The van der Waals surface area contributed by atoms with Crippen molar-refractivity contribution >= 4 is 23.5 Å². The molecular weight excluding hydrogens is 336 g/mol. The second-order valence-corrected chi connectivity index (χ2v) is 7.02. The van der Waals surface area contributed by atoms with Crippen molar-refractivity contribution in [2.45, 2.75) is 32.2 Å². The number of nitrogens with one attached hydrogen (secondary N) is 4. The highest BCUT2D eigenvalue weighted by Gasteiger charge is 2.15. The van der Waals surface area contributed by atoms with Gasteiger partial charge < -0.3 is 26.4 Å². The lowest BCUT2D eigenvalue weighted by Crippen LogP contribution is -2.40. The Morgan fingerprint density at radius 1 is 1.11 bits per heavy atom. The molecule has 0 amide bonds. The zero-order valence-electron chi connectivity index (χ0n) is 16.4. The van der Waals surface area contributed by atoms with Gasteiger partial charge in [-0.05, 0) is 66.9 Å². The van der Waals surface area contributed by atoms with Gasteiger partial charge in [-0.2, -0.15) is 0 Å². The van der Waals surface area contributed by atoms with Gasteiger partial charge in [0, 0.05) is 49.0 Å². The number of allylic oxidation sites excluding steroid dienone is 3. The van der Waals surface area contributed by atoms with Crippen molar-refractivity contribution in [3.63, 3.8) is 0 Å². The third kappa shape index (κ3) is 4.73. The summed E-state index contributed by atoms with van der Waals surface area (Å²) in [5.74, 6) is 0. The van der Waals surface area contributed by atoms with E-state index in [1.54, 1.807) is 0 Å². The van der Waals surface area contributed by atoms with E-state index in [9.17, 15) is 0 Å². The van der Waals surface area contributed by atoms with E-state index in [-0.39, 0.29) is 0 Å². The van der Waals surface area contributed by atoms with Crippen LogP contribution in [0.15, 0.2) is 30.0 Å². The van der Waals surface area contributed by atoms with E-state index >= 15 is 0 Å². The van der Waals surface area contributed by atoms with Crippen molar-refractivity contribution in [1.82, 2.24) is 16.0 Å². The van der Waals surface area contributed by atoms with Crippen molar-refractivity contribution in [2.75, 3.05) is 38.6 Å². The molecule has 3 aliphatic rings. The minimum Gasteiger partial charge on any atom is -0.400 e. The van der Waals surface area contributed by atoms with Crippen LogP contribution in [0.5, 0.6) is 0 Å². The number of fused-ring (bicyclic) bond motifs is 1. The topological polar surface area (TPSA) is 68.3 Å². The standard InChI is InChI=1S/C21H28N4.CH4O/c1-2-18-12-15(4-10-24-18)17-11-16-3-7-23-14-20(16)21(13-17)25-19-5-8-22-9-6-19;1-2/h3-4,11-14,19,22-25H,2,5-10H2,1H3;2H,1H3. The van der Waals surface area contributed by atoms with E-state index < -0.39 is 0 Å². The van der Waals surface area contributed by atoms with Crippen LogP contribution >= 0.6 is 0 Å². The number of aliphatic hydroxyl groups is 1. The highest BCUT2D eigenvalue weighted by molar-refractivity contribution is 5.78. The van der Waals surface area contributed by atoms with E-state index in [2.05, 4.69) is 64.8 Å². The summed E-state index contributed by atoms with van der Waals surface area (Å²) in [5.41, 5.74) is 5.22. The fourth-order valence-electron chi connectivity index (χ4n) is 3.83. The van der Waals surface area contributed by atoms with E-state index in [0.29, 0.717) is 6.04 Å². The number of hydrogen-bond donors (Lipinski definition) is 5. The second kappa shape index (κ2) is 9.62. The van der Waals surface area contributed by atoms with Crippen LogP contribution in [-0.4, -0.2) is 44.4 Å². The van der Waals surface area contributed by atoms with Gasteiger partial charge in [0.2, 0.25) is 0 Å². The summed E-state index contributed by atoms with van der Waals surface area (Å²) in [6.45, 7) is 6.23. The van der Waals surface area contributed by atoms with Crippen molar-refractivity contribution in [3.05, 3.63) is 46.0 Å². The number of dihydropyridines is 1. The minimum atomic E-state index is 0.555. The predicted molar refractivity (Wildman–Crippen MR) is 115 cm³/mol. The smallest absolute Gasteiger partial charge is 0.0442 e. The van der Waals surface area contributed by atoms with Gasteiger partial charge in [0.25, 0.3) is 0 Å². The predicted octanol–water partition coefficient (Wildman–Crippen LogP) is 0.861. The van der Waals surface area contributed by atoms with Crippen LogP contribution in [0, 0.1) is 0 Å². The maximum atomic E-state index is 7.00. The molecule has 1 fully saturated rings. The molecule has 3 heterocycles. The monoisotopic (exact) mass is 368 g/mol. The van der Waals surface area contributed by atoms with Crippen molar-refractivity contribution < 1.29 is 5.11 Å². The van der Waals surface area contributed by atoms with Gasteiger partial charge in [-0.25, -0.2) is 0 Å². The zero-order valence-corrected chi connectivity index (χ0v) is 16.4. The van der Waals surface area contributed by atoms with Crippen LogP contribution in [0.4, 0.5) is 5.69 Å². The maximum Gasteiger partial charge on any atom is 0.0442 e. The van der Waals surface area contributed by atoms with Gasteiger partial charge in [0.05, 0.1) is 0 Å². The second-order valence-electron chi connectivity index (χ2n) is 7.02. The molecule has 0 spiro atoms. The number of piperidine rings is 1. The van der Waals surface area contributed by atoms with Crippen molar-refractivity contribution in [3.8, 4) is 0 Å². The number of aliphatic hydroxyl groups excluding tert-OH is 1. The van der Waals surface area contributed by atoms with Gasteiger partial charge in [0.1, 0.15) is 0 Å². The largest absolute Gasteiger partial charge is 0.400 e. The average molecular weight is 369 g/mol. The maximum absolute atomic E-state index is 7.00. The zero-order chi connectivity index (χ0) is 19.1. The van der Waals surface area contributed by atoms with Crippen LogP contribution in [-0.2, 0) is 0 Å². The Morgan fingerprint density at radius 2 is 1.93 bits per heavy atom. The Hall–Kier alpha value is -2.24. The molecule has 0 aliphatic carbocycles. The van der Waals surface area contributed by atoms with E-state index in [0.717, 1.165) is 39.7 Å². The quantitative estimate of drug-likeness (QED) is 0.546. The molecule has 5 N–H and O–H groups in total. The summed E-state index contributed by atoms with van der Waals surface area (Å²) < 4.78 is 0. The molecule has 146 valence electrons. The van der Waals surface area contributed by atoms with E-state index in [4.69, 9.17) is 5.11 Å². The number of hydrogen-bond acceptors (Lipinski definition) is 5. The fourth-order valence-corrected chi connectivity index (χ4v) is 3.83. The summed E-state index contributed by atoms with van der Waals surface area (Å²) >= 11 is 0. The first kappa shape index (κ1) is 19.5. The molecular formula is C22H32N4O. The van der Waals surface area contributed by atoms with Crippen LogP contribution < -0.4 is 31.7 Å². The average Bonchev–Trinajstić information content (AvgIpc) is 2.76. The summed E-state index contributed by atoms with van der Waals surface area (Å²) in [6, 6.07) is 5.22. The van der Waals surface area contributed by atoms with E-state index in [1.807, 2.05) is 0 Å². The molecule has 1 aromatic rings. The van der Waals surface area contributed by atoms with Gasteiger partial charge in [-0.3, -0.25) is 0 Å². The minimum absolute atomic E-state index is 0.555. The Labute approximate surface area is 161 Å². The van der Waals surface area contributed by atoms with Gasteiger partial charge in [-0.1, -0.05) is 19.1 Å². The molecule has 0 aromatic heterocycles. The van der Waals surface area contributed by atoms with Gasteiger partial charge in [-0.15, -0.1) is 0 Å². The lowest BCUT2D eigenvalue weighted by molar-refractivity contribution is 0.399. The summed E-state index contributed by atoms with van der Waals surface area (Å²) in [4.78, 5) is 0. The molecule has 4 rings (SSSR count). The summed E-state index contributed by atoms with van der Waals surface area (Å²) in [5, 5.41) is 23.7. The highest BCUT2D eigenvalue weighted by atomic mass is 16.2. The molecule has 0 bridgehead atoms. The molecule has 0 atom stereocenters. The molecule has 0 unspecified atom stereocenters. The summed E-state index contributed by atoms with van der Waals surface area (Å²) in [6.07, 6.45) is 12.5. The molecule has 1 aromatic carbocycles. The van der Waals surface area contributed by atoms with Crippen LogP contribution in [0.2, 0.25) is 0 Å². The first-order valence-electron chi connectivity index (χ1n) is 9.98. The third-order valence-electron chi connectivity index (χ3n) is 5.29. The van der Waals surface area contributed by atoms with Crippen LogP contribution in [0.3, 0.4) is 0 Å². The first-order chi connectivity index (χ1) is 13.3.